The van der Waals surface area contributed by atoms with Gasteiger partial charge < -0.3 is 10.2 Å². The first-order chi connectivity index (χ1) is 14.2. The maximum absolute atomic E-state index is 12.7. The lowest BCUT2D eigenvalue weighted by Crippen LogP contribution is -2.31. The van der Waals surface area contributed by atoms with Crippen molar-refractivity contribution in [2.75, 3.05) is 18.4 Å². The Kier molecular flexibility index (Phi) is 5.89. The number of anilines is 1. The molecule has 0 radical (unpaired) electrons. The second kappa shape index (κ2) is 8.91. The average molecular weight is 386 g/mol. The number of rotatable bonds is 4. The molecule has 29 heavy (non-hydrogen) atoms. The minimum absolute atomic E-state index is 0.0621. The van der Waals surface area contributed by atoms with Crippen LogP contribution in [0, 0.1) is 0 Å². The Labute approximate surface area is 171 Å². The Bertz CT molecular complexity index is 998. The minimum Gasteiger partial charge on any atom is -0.339 e. The van der Waals surface area contributed by atoms with Crippen LogP contribution in [0.15, 0.2) is 66.7 Å². The number of hydrogen-bond acceptors (Lipinski definition) is 2. The summed E-state index contributed by atoms with van der Waals surface area (Å²) < 4.78 is 0. The first-order valence-corrected chi connectivity index (χ1v) is 10.4. The molecule has 148 valence electrons. The van der Waals surface area contributed by atoms with Crippen LogP contribution in [-0.2, 0) is 11.2 Å². The maximum Gasteiger partial charge on any atom is 0.253 e. The molecule has 0 aromatic heterocycles. The van der Waals surface area contributed by atoms with E-state index in [2.05, 4.69) is 17.4 Å². The van der Waals surface area contributed by atoms with Gasteiger partial charge in [0.1, 0.15) is 0 Å². The van der Waals surface area contributed by atoms with Crippen molar-refractivity contribution in [2.45, 2.75) is 32.1 Å². The topological polar surface area (TPSA) is 49.4 Å². The molecule has 4 rings (SSSR count). The molecular weight excluding hydrogens is 360 g/mol. The van der Waals surface area contributed by atoms with Crippen LogP contribution >= 0.6 is 0 Å². The van der Waals surface area contributed by atoms with E-state index in [-0.39, 0.29) is 11.8 Å². The van der Waals surface area contributed by atoms with Crippen molar-refractivity contribution < 1.29 is 9.59 Å². The molecule has 0 atom stereocenters. The fourth-order valence-electron chi connectivity index (χ4n) is 3.98. The molecule has 1 heterocycles. The highest BCUT2D eigenvalue weighted by Crippen LogP contribution is 2.20. The van der Waals surface area contributed by atoms with E-state index in [1.54, 1.807) is 12.1 Å². The largest absolute Gasteiger partial charge is 0.339 e. The summed E-state index contributed by atoms with van der Waals surface area (Å²) in [7, 11) is 0. The molecule has 1 fully saturated rings. The second-order valence-corrected chi connectivity index (χ2v) is 7.65. The fourth-order valence-corrected chi connectivity index (χ4v) is 3.98. The van der Waals surface area contributed by atoms with Gasteiger partial charge in [-0.3, -0.25) is 9.59 Å². The van der Waals surface area contributed by atoms with Gasteiger partial charge in [-0.15, -0.1) is 0 Å². The van der Waals surface area contributed by atoms with Crippen LogP contribution < -0.4 is 5.32 Å². The maximum atomic E-state index is 12.7. The third kappa shape index (κ3) is 4.65. The number of likely N-dealkylation sites (tertiary alicyclic amines) is 1. The van der Waals surface area contributed by atoms with Gasteiger partial charge in [0.15, 0.2) is 0 Å². The molecule has 2 amide bonds. The number of benzene rings is 3. The summed E-state index contributed by atoms with van der Waals surface area (Å²) >= 11 is 0. The quantitative estimate of drug-likeness (QED) is 0.683. The summed E-state index contributed by atoms with van der Waals surface area (Å²) in [5.74, 6) is 0.0217. The van der Waals surface area contributed by atoms with Gasteiger partial charge in [-0.1, -0.05) is 55.3 Å². The van der Waals surface area contributed by atoms with E-state index in [0.29, 0.717) is 17.7 Å². The van der Waals surface area contributed by atoms with E-state index >= 15 is 0 Å². The Balaban J connectivity index is 1.40. The van der Waals surface area contributed by atoms with Crippen LogP contribution in [0.5, 0.6) is 0 Å². The summed E-state index contributed by atoms with van der Waals surface area (Å²) in [6.45, 7) is 1.67. The SMILES string of the molecule is O=C(Cc1cccc2ccccc12)Nc1ccc(C(=O)N2CCCCCC2)cc1. The summed E-state index contributed by atoms with van der Waals surface area (Å²) in [4.78, 5) is 27.2. The predicted molar refractivity (Wildman–Crippen MR) is 117 cm³/mol. The third-order valence-electron chi connectivity index (χ3n) is 5.54. The Hall–Kier alpha value is -3.14. The highest BCUT2D eigenvalue weighted by atomic mass is 16.2. The molecule has 4 nitrogen and oxygen atoms in total. The zero-order valence-corrected chi connectivity index (χ0v) is 16.6. The molecule has 0 saturated carbocycles. The number of nitrogens with zero attached hydrogens (tertiary/aromatic N) is 1. The molecule has 0 unspecified atom stereocenters. The van der Waals surface area contributed by atoms with Gasteiger partial charge >= 0.3 is 0 Å². The van der Waals surface area contributed by atoms with E-state index < -0.39 is 0 Å². The minimum atomic E-state index is -0.0621. The molecule has 1 N–H and O–H groups in total. The number of hydrogen-bond donors (Lipinski definition) is 1. The number of carbonyl (C=O) groups is 2. The molecule has 1 saturated heterocycles. The van der Waals surface area contributed by atoms with Crippen molar-refractivity contribution >= 4 is 28.3 Å². The van der Waals surface area contributed by atoms with Gasteiger partial charge in [-0.25, -0.2) is 0 Å². The van der Waals surface area contributed by atoms with Crippen LogP contribution in [0.4, 0.5) is 5.69 Å². The highest BCUT2D eigenvalue weighted by molar-refractivity contribution is 5.97. The Morgan fingerprint density at radius 1 is 0.793 bits per heavy atom. The Morgan fingerprint density at radius 2 is 1.48 bits per heavy atom. The highest BCUT2D eigenvalue weighted by Gasteiger charge is 2.17. The molecule has 1 aliphatic rings. The number of nitrogens with one attached hydrogen (secondary N) is 1. The van der Waals surface area contributed by atoms with Crippen LogP contribution in [-0.4, -0.2) is 29.8 Å². The first kappa shape index (κ1) is 19.2. The second-order valence-electron chi connectivity index (χ2n) is 7.65. The van der Waals surface area contributed by atoms with Crippen molar-refractivity contribution in [3.05, 3.63) is 77.9 Å². The number of amides is 2. The van der Waals surface area contributed by atoms with Crippen molar-refractivity contribution in [1.82, 2.24) is 4.90 Å². The molecule has 0 aliphatic carbocycles. The zero-order valence-electron chi connectivity index (χ0n) is 16.6. The van der Waals surface area contributed by atoms with Gasteiger partial charge in [0.05, 0.1) is 6.42 Å². The number of fused-ring (bicyclic) bond motifs is 1. The van der Waals surface area contributed by atoms with Gasteiger partial charge in [0.2, 0.25) is 5.91 Å². The normalized spacial score (nSPS) is 14.4. The van der Waals surface area contributed by atoms with E-state index in [1.165, 1.54) is 12.8 Å². The molecule has 4 heteroatoms. The lowest BCUT2D eigenvalue weighted by molar-refractivity contribution is -0.115. The molecule has 0 bridgehead atoms. The van der Waals surface area contributed by atoms with Gasteiger partial charge in [0.25, 0.3) is 5.91 Å². The van der Waals surface area contributed by atoms with E-state index in [4.69, 9.17) is 0 Å². The summed E-state index contributed by atoms with van der Waals surface area (Å²) in [5, 5.41) is 5.18. The van der Waals surface area contributed by atoms with Crippen molar-refractivity contribution in [1.29, 1.82) is 0 Å². The Morgan fingerprint density at radius 3 is 2.24 bits per heavy atom. The fraction of sp³-hybridized carbons (Fsp3) is 0.280. The van der Waals surface area contributed by atoms with E-state index in [1.807, 2.05) is 47.4 Å². The molecule has 0 spiro atoms. The average Bonchev–Trinajstić information content (AvgIpc) is 3.04. The van der Waals surface area contributed by atoms with Gasteiger partial charge in [-0.2, -0.15) is 0 Å². The van der Waals surface area contributed by atoms with Crippen LogP contribution in [0.2, 0.25) is 0 Å². The van der Waals surface area contributed by atoms with Crippen LogP contribution in [0.1, 0.15) is 41.6 Å². The number of carbonyl (C=O) groups excluding carboxylic acids is 2. The smallest absolute Gasteiger partial charge is 0.253 e. The standard InChI is InChI=1S/C25H26N2O2/c28-24(18-21-10-7-9-19-8-3-4-11-23(19)21)26-22-14-12-20(13-15-22)25(29)27-16-5-1-2-6-17-27/h3-4,7-15H,1-2,5-6,16-18H2,(H,26,28). The van der Waals surface area contributed by atoms with Crippen LogP contribution in [0.3, 0.4) is 0 Å². The van der Waals surface area contributed by atoms with Crippen molar-refractivity contribution in [2.24, 2.45) is 0 Å². The lowest BCUT2D eigenvalue weighted by atomic mass is 10.0. The molecular formula is C25H26N2O2. The van der Waals surface area contributed by atoms with Crippen molar-refractivity contribution in [3.8, 4) is 0 Å². The van der Waals surface area contributed by atoms with Crippen LogP contribution in [0.25, 0.3) is 10.8 Å². The van der Waals surface area contributed by atoms with Gasteiger partial charge in [0, 0.05) is 24.3 Å². The zero-order chi connectivity index (χ0) is 20.1. The lowest BCUT2D eigenvalue weighted by Gasteiger charge is -2.20. The van der Waals surface area contributed by atoms with Crippen molar-refractivity contribution in [3.63, 3.8) is 0 Å². The monoisotopic (exact) mass is 386 g/mol. The van der Waals surface area contributed by atoms with E-state index in [0.717, 1.165) is 42.3 Å². The first-order valence-electron chi connectivity index (χ1n) is 10.4. The van der Waals surface area contributed by atoms with E-state index in [9.17, 15) is 9.59 Å². The summed E-state index contributed by atoms with van der Waals surface area (Å²) in [5.41, 5.74) is 2.40. The third-order valence-corrected chi connectivity index (χ3v) is 5.54. The molecule has 3 aromatic carbocycles. The summed E-state index contributed by atoms with van der Waals surface area (Å²) in [6.07, 6.45) is 4.87. The molecule has 3 aromatic rings. The van der Waals surface area contributed by atoms with Gasteiger partial charge in [-0.05, 0) is 53.4 Å². The summed E-state index contributed by atoms with van der Waals surface area (Å²) in [6, 6.07) is 21.3. The predicted octanol–water partition coefficient (Wildman–Crippen LogP) is 5.04. The molecule has 1 aliphatic heterocycles.